The van der Waals surface area contributed by atoms with Crippen LogP contribution in [0.5, 0.6) is 0 Å². The van der Waals surface area contributed by atoms with Gasteiger partial charge >= 0.3 is 11.9 Å². The lowest BCUT2D eigenvalue weighted by Crippen LogP contribution is -2.03. The van der Waals surface area contributed by atoms with Gasteiger partial charge in [-0.15, -0.1) is 0 Å². The van der Waals surface area contributed by atoms with E-state index >= 15 is 0 Å². The normalized spacial score (nSPS) is 8.31. The van der Waals surface area contributed by atoms with Crippen LogP contribution in [0.3, 0.4) is 0 Å². The molecule has 0 atom stereocenters. The lowest BCUT2D eigenvalue weighted by molar-refractivity contribution is -0.131. The van der Waals surface area contributed by atoms with Gasteiger partial charge in [-0.1, -0.05) is 24.8 Å². The van der Waals surface area contributed by atoms with E-state index in [1.807, 2.05) is 18.2 Å². The summed E-state index contributed by atoms with van der Waals surface area (Å²) >= 11 is 0. The van der Waals surface area contributed by atoms with Crippen LogP contribution < -0.4 is 0 Å². The molecular formula is C12H14O4. The summed E-state index contributed by atoms with van der Waals surface area (Å²) in [7, 11) is 0. The monoisotopic (exact) mass is 222 g/mol. The minimum absolute atomic E-state index is 0.256. The Bertz CT molecular complexity index is 343. The summed E-state index contributed by atoms with van der Waals surface area (Å²) in [5.74, 6) is -1.24. The zero-order valence-electron chi connectivity index (χ0n) is 9.05. The van der Waals surface area contributed by atoms with Crippen molar-refractivity contribution in [2.45, 2.75) is 6.92 Å². The molecular weight excluding hydrogens is 208 g/mol. The van der Waals surface area contributed by atoms with Crippen LogP contribution in [-0.4, -0.2) is 23.7 Å². The minimum atomic E-state index is -0.981. The van der Waals surface area contributed by atoms with E-state index in [4.69, 9.17) is 9.84 Å². The Balaban J connectivity index is 0.000000385. The predicted octanol–water partition coefficient (Wildman–Crippen LogP) is 2.12. The smallest absolute Gasteiger partial charge is 0.338 e. The fourth-order valence-electron chi connectivity index (χ4n) is 0.789. The maximum Gasteiger partial charge on any atom is 0.338 e. The van der Waals surface area contributed by atoms with E-state index < -0.39 is 5.97 Å². The molecule has 0 amide bonds. The highest BCUT2D eigenvalue weighted by atomic mass is 16.5. The van der Waals surface area contributed by atoms with Gasteiger partial charge in [0.2, 0.25) is 0 Å². The van der Waals surface area contributed by atoms with Crippen LogP contribution in [-0.2, 0) is 9.53 Å². The van der Waals surface area contributed by atoms with Crippen molar-refractivity contribution in [1.29, 1.82) is 0 Å². The first-order valence-corrected chi connectivity index (χ1v) is 4.69. The van der Waals surface area contributed by atoms with Gasteiger partial charge in [0, 0.05) is 6.08 Å². The fraction of sp³-hybridized carbons (Fsp3) is 0.167. The molecule has 0 bridgehead atoms. The number of hydrogen-bond acceptors (Lipinski definition) is 3. The minimum Gasteiger partial charge on any atom is -0.478 e. The molecule has 0 fully saturated rings. The summed E-state index contributed by atoms with van der Waals surface area (Å²) in [4.78, 5) is 20.3. The van der Waals surface area contributed by atoms with Crippen molar-refractivity contribution in [2.75, 3.05) is 6.61 Å². The van der Waals surface area contributed by atoms with Crippen LogP contribution in [0.4, 0.5) is 0 Å². The summed E-state index contributed by atoms with van der Waals surface area (Å²) in [6, 6.07) is 8.96. The number of hydrogen-bond donors (Lipinski definition) is 1. The van der Waals surface area contributed by atoms with E-state index in [2.05, 4.69) is 6.58 Å². The maximum atomic E-state index is 11.0. The van der Waals surface area contributed by atoms with Crippen molar-refractivity contribution in [3.05, 3.63) is 48.6 Å². The lowest BCUT2D eigenvalue weighted by atomic mass is 10.2. The molecule has 4 heteroatoms. The summed E-state index contributed by atoms with van der Waals surface area (Å²) in [6.45, 7) is 5.18. The molecule has 4 nitrogen and oxygen atoms in total. The molecule has 16 heavy (non-hydrogen) atoms. The van der Waals surface area contributed by atoms with Crippen molar-refractivity contribution < 1.29 is 19.4 Å². The quantitative estimate of drug-likeness (QED) is 0.628. The van der Waals surface area contributed by atoms with E-state index in [0.717, 1.165) is 6.08 Å². The van der Waals surface area contributed by atoms with E-state index in [1.165, 1.54) is 0 Å². The number of carboxylic acids is 1. The number of ether oxygens (including phenoxy) is 1. The van der Waals surface area contributed by atoms with E-state index in [0.29, 0.717) is 12.2 Å². The van der Waals surface area contributed by atoms with Crippen molar-refractivity contribution >= 4 is 11.9 Å². The second-order valence-electron chi connectivity index (χ2n) is 2.63. The molecule has 1 rings (SSSR count). The van der Waals surface area contributed by atoms with Crippen molar-refractivity contribution in [1.82, 2.24) is 0 Å². The van der Waals surface area contributed by atoms with Gasteiger partial charge in [-0.05, 0) is 19.1 Å². The van der Waals surface area contributed by atoms with Gasteiger partial charge in [-0.2, -0.15) is 0 Å². The van der Waals surface area contributed by atoms with Gasteiger partial charge in [-0.3, -0.25) is 0 Å². The maximum absolute atomic E-state index is 11.0. The Kier molecular flexibility index (Phi) is 7.15. The first-order valence-electron chi connectivity index (χ1n) is 4.69. The Labute approximate surface area is 94.2 Å². The summed E-state index contributed by atoms with van der Waals surface area (Å²) in [6.07, 6.45) is 0.833. The Morgan fingerprint density at radius 2 is 1.88 bits per heavy atom. The first kappa shape index (κ1) is 13.9. The number of benzene rings is 1. The number of esters is 1. The molecule has 0 aliphatic heterocycles. The third-order valence-corrected chi connectivity index (χ3v) is 1.46. The summed E-state index contributed by atoms with van der Waals surface area (Å²) in [5, 5.41) is 7.60. The van der Waals surface area contributed by atoms with Crippen LogP contribution >= 0.6 is 0 Å². The average Bonchev–Trinajstić information content (AvgIpc) is 2.31. The van der Waals surface area contributed by atoms with Gasteiger partial charge < -0.3 is 9.84 Å². The number of carboxylic acid groups (broad SMARTS) is 1. The standard InChI is InChI=1S/C9H10O2.C3H4O2/c1-2-11-9(10)8-6-4-3-5-7-8;1-2-3(4)5/h3-7H,2H2,1H3;2H,1H2,(H,4,5). The van der Waals surface area contributed by atoms with E-state index in [9.17, 15) is 9.59 Å². The first-order chi connectivity index (χ1) is 7.61. The molecule has 0 aromatic heterocycles. The third kappa shape index (κ3) is 6.37. The Hall–Kier alpha value is -2.10. The number of carbonyl (C=O) groups is 2. The van der Waals surface area contributed by atoms with Crippen LogP contribution in [0.2, 0.25) is 0 Å². The van der Waals surface area contributed by atoms with Crippen molar-refractivity contribution in [2.24, 2.45) is 0 Å². The number of carbonyl (C=O) groups excluding carboxylic acids is 1. The molecule has 0 unspecified atom stereocenters. The highest BCUT2D eigenvalue weighted by Gasteiger charge is 2.02. The zero-order valence-corrected chi connectivity index (χ0v) is 9.05. The molecule has 0 aliphatic carbocycles. The molecule has 1 aromatic carbocycles. The van der Waals surface area contributed by atoms with Crippen LogP contribution in [0, 0.1) is 0 Å². The van der Waals surface area contributed by atoms with Gasteiger partial charge in [0.05, 0.1) is 12.2 Å². The second-order valence-corrected chi connectivity index (χ2v) is 2.63. The SMILES string of the molecule is C=CC(=O)O.CCOC(=O)c1ccccc1. The van der Waals surface area contributed by atoms with Crippen molar-refractivity contribution in [3.8, 4) is 0 Å². The molecule has 1 N–H and O–H groups in total. The van der Waals surface area contributed by atoms with Gasteiger partial charge in [0.25, 0.3) is 0 Å². The Morgan fingerprint density at radius 3 is 2.25 bits per heavy atom. The summed E-state index contributed by atoms with van der Waals surface area (Å²) in [5.41, 5.74) is 0.606. The van der Waals surface area contributed by atoms with E-state index in [-0.39, 0.29) is 5.97 Å². The highest BCUT2D eigenvalue weighted by molar-refractivity contribution is 5.89. The molecule has 86 valence electrons. The van der Waals surface area contributed by atoms with Gasteiger partial charge in [-0.25, -0.2) is 9.59 Å². The second kappa shape index (κ2) is 8.23. The third-order valence-electron chi connectivity index (χ3n) is 1.46. The molecule has 0 saturated carbocycles. The van der Waals surface area contributed by atoms with Crippen LogP contribution in [0.1, 0.15) is 17.3 Å². The summed E-state index contributed by atoms with van der Waals surface area (Å²) < 4.78 is 4.79. The zero-order chi connectivity index (χ0) is 12.4. The van der Waals surface area contributed by atoms with Gasteiger partial charge in [0.15, 0.2) is 0 Å². The number of rotatable bonds is 3. The Morgan fingerprint density at radius 1 is 1.38 bits per heavy atom. The topological polar surface area (TPSA) is 63.6 Å². The number of aliphatic carboxylic acids is 1. The average molecular weight is 222 g/mol. The van der Waals surface area contributed by atoms with Crippen molar-refractivity contribution in [3.63, 3.8) is 0 Å². The molecule has 0 saturated heterocycles. The lowest BCUT2D eigenvalue weighted by Gasteiger charge is -1.99. The fourth-order valence-corrected chi connectivity index (χ4v) is 0.789. The van der Waals surface area contributed by atoms with Crippen LogP contribution in [0.15, 0.2) is 43.0 Å². The molecule has 1 aromatic rings. The molecule has 0 spiro atoms. The predicted molar refractivity (Wildman–Crippen MR) is 60.2 cm³/mol. The van der Waals surface area contributed by atoms with Crippen LogP contribution in [0.25, 0.3) is 0 Å². The largest absolute Gasteiger partial charge is 0.478 e. The van der Waals surface area contributed by atoms with E-state index in [1.54, 1.807) is 19.1 Å². The molecule has 0 heterocycles. The highest BCUT2D eigenvalue weighted by Crippen LogP contribution is 1.99. The van der Waals surface area contributed by atoms with Gasteiger partial charge in [0.1, 0.15) is 0 Å². The molecule has 0 aliphatic rings. The molecule has 0 radical (unpaired) electrons.